The Morgan fingerprint density at radius 1 is 0.963 bits per heavy atom. The van der Waals surface area contributed by atoms with Crippen molar-refractivity contribution in [3.05, 3.63) is 65.7 Å². The second-order valence-corrected chi connectivity index (χ2v) is 9.26. The molecule has 0 radical (unpaired) electrons. The summed E-state index contributed by atoms with van der Waals surface area (Å²) in [4.78, 5) is 15.0. The summed E-state index contributed by atoms with van der Waals surface area (Å²) in [5.74, 6) is 0.123. The normalized spacial score (nSPS) is 19.4. The molecule has 0 aromatic heterocycles. The van der Waals surface area contributed by atoms with Crippen LogP contribution in [0.25, 0.3) is 0 Å². The first-order chi connectivity index (χ1) is 13.0. The molecule has 1 fully saturated rings. The third-order valence-corrected chi connectivity index (χ3v) is 7.69. The van der Waals surface area contributed by atoms with Gasteiger partial charge in [-0.15, -0.1) is 0 Å². The van der Waals surface area contributed by atoms with E-state index in [1.807, 2.05) is 66.4 Å². The van der Waals surface area contributed by atoms with Crippen molar-refractivity contribution in [3.8, 4) is 0 Å². The minimum absolute atomic E-state index is 0.00641. The SMILES string of the molecule is CCN1C(=O)C2(CCN(S(=O)(=O)Cc3ccccc3)CC2)c2ccccc21. The molecule has 2 aromatic rings. The lowest BCUT2D eigenvalue weighted by Crippen LogP contribution is -2.50. The number of carbonyl (C=O) groups is 1. The second-order valence-electron chi connectivity index (χ2n) is 7.29. The largest absolute Gasteiger partial charge is 0.312 e. The molecule has 0 aliphatic carbocycles. The minimum atomic E-state index is -3.39. The van der Waals surface area contributed by atoms with Gasteiger partial charge in [0.15, 0.2) is 0 Å². The molecular formula is C21H24N2O3S. The van der Waals surface area contributed by atoms with Crippen molar-refractivity contribution in [2.24, 2.45) is 0 Å². The average Bonchev–Trinajstić information content (AvgIpc) is 2.91. The topological polar surface area (TPSA) is 57.7 Å². The van der Waals surface area contributed by atoms with Crippen LogP contribution < -0.4 is 4.90 Å². The smallest absolute Gasteiger partial charge is 0.237 e. The van der Waals surface area contributed by atoms with E-state index < -0.39 is 15.4 Å². The zero-order valence-electron chi connectivity index (χ0n) is 15.5. The van der Waals surface area contributed by atoms with Crippen molar-refractivity contribution < 1.29 is 13.2 Å². The summed E-state index contributed by atoms with van der Waals surface area (Å²) >= 11 is 0. The standard InChI is InChI=1S/C21H24N2O3S/c1-2-23-19-11-7-6-10-18(19)21(20(23)24)12-14-22(15-13-21)27(25,26)16-17-8-4-3-5-9-17/h3-11H,2,12-16H2,1H3. The molecule has 0 N–H and O–H groups in total. The number of para-hydroxylation sites is 1. The molecule has 0 saturated carbocycles. The van der Waals surface area contributed by atoms with Gasteiger partial charge in [0.05, 0.1) is 11.2 Å². The molecule has 4 rings (SSSR count). The van der Waals surface area contributed by atoms with Gasteiger partial charge >= 0.3 is 0 Å². The van der Waals surface area contributed by atoms with E-state index in [1.165, 1.54) is 0 Å². The summed E-state index contributed by atoms with van der Waals surface area (Å²) < 4.78 is 27.2. The van der Waals surface area contributed by atoms with E-state index in [-0.39, 0.29) is 11.7 Å². The fourth-order valence-corrected chi connectivity index (χ4v) is 5.95. The molecule has 1 amide bonds. The van der Waals surface area contributed by atoms with Gasteiger partial charge in [-0.25, -0.2) is 12.7 Å². The van der Waals surface area contributed by atoms with Crippen LogP contribution in [0.2, 0.25) is 0 Å². The minimum Gasteiger partial charge on any atom is -0.312 e. The van der Waals surface area contributed by atoms with E-state index in [1.54, 1.807) is 4.31 Å². The van der Waals surface area contributed by atoms with Gasteiger partial charge in [0, 0.05) is 25.3 Å². The highest BCUT2D eigenvalue weighted by Crippen LogP contribution is 2.48. The van der Waals surface area contributed by atoms with E-state index >= 15 is 0 Å². The van der Waals surface area contributed by atoms with Crippen LogP contribution in [0.5, 0.6) is 0 Å². The Balaban J connectivity index is 1.56. The van der Waals surface area contributed by atoms with Crippen molar-refractivity contribution >= 4 is 21.6 Å². The molecule has 1 saturated heterocycles. The molecule has 6 heteroatoms. The monoisotopic (exact) mass is 384 g/mol. The predicted molar refractivity (Wildman–Crippen MR) is 106 cm³/mol. The van der Waals surface area contributed by atoms with E-state index in [2.05, 4.69) is 0 Å². The number of likely N-dealkylation sites (N-methyl/N-ethyl adjacent to an activating group) is 1. The van der Waals surface area contributed by atoms with Crippen molar-refractivity contribution in [1.82, 2.24) is 4.31 Å². The molecule has 2 aromatic carbocycles. The number of sulfonamides is 1. The van der Waals surface area contributed by atoms with E-state index in [9.17, 15) is 13.2 Å². The van der Waals surface area contributed by atoms with Crippen LogP contribution in [0.15, 0.2) is 54.6 Å². The van der Waals surface area contributed by atoms with Gasteiger partial charge in [0.2, 0.25) is 15.9 Å². The quantitative estimate of drug-likeness (QED) is 0.814. The van der Waals surface area contributed by atoms with Gasteiger partial charge in [-0.1, -0.05) is 48.5 Å². The fraction of sp³-hybridized carbons (Fsp3) is 0.381. The molecule has 27 heavy (non-hydrogen) atoms. The number of fused-ring (bicyclic) bond motifs is 2. The first-order valence-electron chi connectivity index (χ1n) is 9.41. The number of hydrogen-bond acceptors (Lipinski definition) is 3. The third kappa shape index (κ3) is 2.97. The van der Waals surface area contributed by atoms with Crippen LogP contribution >= 0.6 is 0 Å². The zero-order chi connectivity index (χ0) is 19.1. The number of nitrogens with zero attached hydrogens (tertiary/aromatic N) is 2. The van der Waals surface area contributed by atoms with Gasteiger partial charge in [-0.2, -0.15) is 0 Å². The third-order valence-electron chi connectivity index (χ3n) is 5.84. The number of piperidine rings is 1. The van der Waals surface area contributed by atoms with Crippen LogP contribution in [-0.2, 0) is 26.0 Å². The van der Waals surface area contributed by atoms with Gasteiger partial charge in [-0.05, 0) is 37.0 Å². The number of anilines is 1. The highest BCUT2D eigenvalue weighted by molar-refractivity contribution is 7.88. The van der Waals surface area contributed by atoms with Crippen molar-refractivity contribution in [1.29, 1.82) is 0 Å². The summed E-state index contributed by atoms with van der Waals surface area (Å²) in [7, 11) is -3.39. The van der Waals surface area contributed by atoms with Gasteiger partial charge < -0.3 is 4.90 Å². The molecular weight excluding hydrogens is 360 g/mol. The van der Waals surface area contributed by atoms with Crippen molar-refractivity contribution in [2.75, 3.05) is 24.5 Å². The Bertz CT molecular complexity index is 948. The summed E-state index contributed by atoms with van der Waals surface area (Å²) in [6, 6.07) is 17.2. The summed E-state index contributed by atoms with van der Waals surface area (Å²) in [6.45, 7) is 3.38. The molecule has 0 bridgehead atoms. The van der Waals surface area contributed by atoms with E-state index in [0.29, 0.717) is 32.5 Å². The van der Waals surface area contributed by atoms with Crippen LogP contribution in [0.3, 0.4) is 0 Å². The lowest BCUT2D eigenvalue weighted by molar-refractivity contribution is -0.124. The number of rotatable bonds is 4. The molecule has 142 valence electrons. The van der Waals surface area contributed by atoms with Crippen LogP contribution in [-0.4, -0.2) is 38.3 Å². The van der Waals surface area contributed by atoms with Crippen molar-refractivity contribution in [2.45, 2.75) is 30.9 Å². The molecule has 0 atom stereocenters. The lowest BCUT2D eigenvalue weighted by Gasteiger charge is -2.37. The molecule has 0 unspecified atom stereocenters. The van der Waals surface area contributed by atoms with E-state index in [0.717, 1.165) is 16.8 Å². The van der Waals surface area contributed by atoms with Gasteiger partial charge in [0.1, 0.15) is 0 Å². The zero-order valence-corrected chi connectivity index (χ0v) is 16.3. The van der Waals surface area contributed by atoms with Crippen LogP contribution in [0, 0.1) is 0 Å². The Morgan fingerprint density at radius 2 is 1.59 bits per heavy atom. The van der Waals surface area contributed by atoms with Crippen molar-refractivity contribution in [3.63, 3.8) is 0 Å². The lowest BCUT2D eigenvalue weighted by atomic mass is 9.74. The maximum absolute atomic E-state index is 13.2. The molecule has 2 aliphatic rings. The van der Waals surface area contributed by atoms with Crippen LogP contribution in [0.1, 0.15) is 30.9 Å². The number of amides is 1. The molecule has 1 spiro atoms. The fourth-order valence-electron chi connectivity index (χ4n) is 4.42. The van der Waals surface area contributed by atoms with E-state index in [4.69, 9.17) is 0 Å². The average molecular weight is 385 g/mol. The number of hydrogen-bond donors (Lipinski definition) is 0. The molecule has 5 nitrogen and oxygen atoms in total. The summed E-state index contributed by atoms with van der Waals surface area (Å²) in [5.41, 5.74) is 2.24. The maximum Gasteiger partial charge on any atom is 0.237 e. The Morgan fingerprint density at radius 3 is 2.26 bits per heavy atom. The van der Waals surface area contributed by atoms with Gasteiger partial charge in [0.25, 0.3) is 0 Å². The Kier molecular flexibility index (Phi) is 4.56. The van der Waals surface area contributed by atoms with Gasteiger partial charge in [-0.3, -0.25) is 4.79 Å². The highest BCUT2D eigenvalue weighted by atomic mass is 32.2. The molecule has 2 heterocycles. The maximum atomic E-state index is 13.2. The summed E-state index contributed by atoms with van der Waals surface area (Å²) in [6.07, 6.45) is 1.07. The first kappa shape index (κ1) is 18.2. The van der Waals surface area contributed by atoms with Crippen LogP contribution in [0.4, 0.5) is 5.69 Å². The first-order valence-corrected chi connectivity index (χ1v) is 11.0. The Hall–Kier alpha value is -2.18. The second kappa shape index (κ2) is 6.77. The highest BCUT2D eigenvalue weighted by Gasteiger charge is 2.52. The summed E-state index contributed by atoms with van der Waals surface area (Å²) in [5, 5.41) is 0. The number of carbonyl (C=O) groups excluding carboxylic acids is 1. The molecule has 2 aliphatic heterocycles. The predicted octanol–water partition coefficient (Wildman–Crippen LogP) is 2.92. The Labute approximate surface area is 160 Å². The number of benzene rings is 2.